The third-order valence-corrected chi connectivity index (χ3v) is 1.91. The maximum Gasteiger partial charge on any atom is 0.0503 e. The summed E-state index contributed by atoms with van der Waals surface area (Å²) in [6, 6.07) is 0. The van der Waals surface area contributed by atoms with Crippen LogP contribution in [-0.4, -0.2) is 26.3 Å². The highest BCUT2D eigenvalue weighted by molar-refractivity contribution is 4.65. The molecule has 0 radical (unpaired) electrons. The monoisotopic (exact) mass is 199 g/mol. The first-order chi connectivity index (χ1) is 6.66. The zero-order valence-electron chi connectivity index (χ0n) is 9.88. The molecule has 2 nitrogen and oxygen atoms in total. The summed E-state index contributed by atoms with van der Waals surface area (Å²) in [5.41, 5.74) is 0. The molecule has 0 aliphatic heterocycles. The molecule has 0 aliphatic rings. The van der Waals surface area contributed by atoms with Crippen LogP contribution in [0.1, 0.15) is 27.2 Å². The molecule has 14 heavy (non-hydrogen) atoms. The standard InChI is InChI=1S/C12H25NO/c1-5-6-7-14-10-12(4)9-13-8-11(2)3/h5,11-13H,1,6-10H2,2-4H3. The van der Waals surface area contributed by atoms with Gasteiger partial charge in [-0.05, 0) is 31.3 Å². The third kappa shape index (κ3) is 9.75. The SMILES string of the molecule is C=CCCOCC(C)CNCC(C)C. The zero-order valence-corrected chi connectivity index (χ0v) is 9.88. The molecule has 0 saturated heterocycles. The average Bonchev–Trinajstić information content (AvgIpc) is 2.12. The van der Waals surface area contributed by atoms with Gasteiger partial charge in [0.1, 0.15) is 0 Å². The Balaban J connectivity index is 3.19. The molecule has 0 amide bonds. The molecule has 0 aliphatic carbocycles. The average molecular weight is 199 g/mol. The normalized spacial score (nSPS) is 13.1. The van der Waals surface area contributed by atoms with Gasteiger partial charge in [0.15, 0.2) is 0 Å². The van der Waals surface area contributed by atoms with E-state index < -0.39 is 0 Å². The van der Waals surface area contributed by atoms with Gasteiger partial charge in [-0.25, -0.2) is 0 Å². The van der Waals surface area contributed by atoms with Crippen LogP contribution in [0.3, 0.4) is 0 Å². The van der Waals surface area contributed by atoms with E-state index in [0.29, 0.717) is 5.92 Å². The van der Waals surface area contributed by atoms with Crippen molar-refractivity contribution in [1.82, 2.24) is 5.32 Å². The van der Waals surface area contributed by atoms with Crippen molar-refractivity contribution in [2.75, 3.05) is 26.3 Å². The van der Waals surface area contributed by atoms with Crippen LogP contribution in [0.25, 0.3) is 0 Å². The first kappa shape index (κ1) is 13.7. The second kappa shape index (κ2) is 9.22. The molecular formula is C12H25NO. The Morgan fingerprint density at radius 2 is 2.00 bits per heavy atom. The Bertz CT molecular complexity index is 134. The van der Waals surface area contributed by atoms with E-state index in [1.165, 1.54) is 0 Å². The summed E-state index contributed by atoms with van der Waals surface area (Å²) in [5, 5.41) is 3.43. The lowest BCUT2D eigenvalue weighted by atomic mass is 10.2. The molecule has 0 aromatic heterocycles. The molecule has 0 saturated carbocycles. The number of nitrogens with one attached hydrogen (secondary N) is 1. The fraction of sp³-hybridized carbons (Fsp3) is 0.833. The Kier molecular flexibility index (Phi) is 9.00. The van der Waals surface area contributed by atoms with Crippen molar-refractivity contribution in [3.63, 3.8) is 0 Å². The minimum absolute atomic E-state index is 0.596. The fourth-order valence-corrected chi connectivity index (χ4v) is 1.13. The van der Waals surface area contributed by atoms with Crippen LogP contribution in [0.4, 0.5) is 0 Å². The van der Waals surface area contributed by atoms with Gasteiger partial charge in [-0.1, -0.05) is 26.8 Å². The Labute approximate surface area is 88.7 Å². The minimum Gasteiger partial charge on any atom is -0.381 e. The molecule has 0 rings (SSSR count). The molecule has 1 atom stereocenters. The highest BCUT2D eigenvalue weighted by atomic mass is 16.5. The van der Waals surface area contributed by atoms with Crippen molar-refractivity contribution >= 4 is 0 Å². The lowest BCUT2D eigenvalue weighted by Gasteiger charge is -2.13. The van der Waals surface area contributed by atoms with Crippen LogP contribution < -0.4 is 5.32 Å². The van der Waals surface area contributed by atoms with Gasteiger partial charge in [-0.2, -0.15) is 0 Å². The van der Waals surface area contributed by atoms with Gasteiger partial charge >= 0.3 is 0 Å². The zero-order chi connectivity index (χ0) is 10.8. The predicted molar refractivity (Wildman–Crippen MR) is 62.5 cm³/mol. The molecule has 0 aromatic carbocycles. The van der Waals surface area contributed by atoms with E-state index in [0.717, 1.165) is 38.6 Å². The van der Waals surface area contributed by atoms with Crippen molar-refractivity contribution in [3.8, 4) is 0 Å². The van der Waals surface area contributed by atoms with Gasteiger partial charge in [0, 0.05) is 0 Å². The second-order valence-electron chi connectivity index (χ2n) is 4.31. The third-order valence-electron chi connectivity index (χ3n) is 1.91. The van der Waals surface area contributed by atoms with Crippen LogP contribution in [0, 0.1) is 11.8 Å². The Morgan fingerprint density at radius 3 is 2.57 bits per heavy atom. The van der Waals surface area contributed by atoms with E-state index in [1.54, 1.807) is 0 Å². The lowest BCUT2D eigenvalue weighted by molar-refractivity contribution is 0.108. The van der Waals surface area contributed by atoms with Gasteiger partial charge in [0.25, 0.3) is 0 Å². The first-order valence-corrected chi connectivity index (χ1v) is 5.56. The van der Waals surface area contributed by atoms with E-state index in [-0.39, 0.29) is 0 Å². The first-order valence-electron chi connectivity index (χ1n) is 5.56. The van der Waals surface area contributed by atoms with Gasteiger partial charge in [0.2, 0.25) is 0 Å². The van der Waals surface area contributed by atoms with Gasteiger partial charge in [-0.3, -0.25) is 0 Å². The smallest absolute Gasteiger partial charge is 0.0503 e. The van der Waals surface area contributed by atoms with Crippen LogP contribution >= 0.6 is 0 Å². The lowest BCUT2D eigenvalue weighted by Crippen LogP contribution is -2.27. The molecular weight excluding hydrogens is 174 g/mol. The number of hydrogen-bond acceptors (Lipinski definition) is 2. The molecule has 1 unspecified atom stereocenters. The summed E-state index contributed by atoms with van der Waals surface area (Å²) < 4.78 is 5.48. The van der Waals surface area contributed by atoms with Gasteiger partial charge in [-0.15, -0.1) is 6.58 Å². The van der Waals surface area contributed by atoms with Crippen molar-refractivity contribution in [1.29, 1.82) is 0 Å². The minimum atomic E-state index is 0.596. The topological polar surface area (TPSA) is 21.3 Å². The maximum atomic E-state index is 5.48. The van der Waals surface area contributed by atoms with Crippen LogP contribution in [0.5, 0.6) is 0 Å². The van der Waals surface area contributed by atoms with Crippen LogP contribution in [0.15, 0.2) is 12.7 Å². The quantitative estimate of drug-likeness (QED) is 0.455. The Hall–Kier alpha value is -0.340. The van der Waals surface area contributed by atoms with Crippen molar-refractivity contribution < 1.29 is 4.74 Å². The van der Waals surface area contributed by atoms with Crippen molar-refractivity contribution in [2.24, 2.45) is 11.8 Å². The van der Waals surface area contributed by atoms with E-state index in [1.807, 2.05) is 6.08 Å². The molecule has 0 spiro atoms. The molecule has 0 heterocycles. The Morgan fingerprint density at radius 1 is 1.29 bits per heavy atom. The largest absolute Gasteiger partial charge is 0.381 e. The fourth-order valence-electron chi connectivity index (χ4n) is 1.13. The maximum absolute atomic E-state index is 5.48. The van der Waals surface area contributed by atoms with E-state index in [4.69, 9.17) is 4.74 Å². The summed E-state index contributed by atoms with van der Waals surface area (Å²) in [6.07, 6.45) is 2.84. The molecule has 0 bridgehead atoms. The predicted octanol–water partition coefficient (Wildman–Crippen LogP) is 2.46. The second-order valence-corrected chi connectivity index (χ2v) is 4.31. The highest BCUT2D eigenvalue weighted by Gasteiger charge is 2.01. The molecule has 84 valence electrons. The summed E-state index contributed by atoms with van der Waals surface area (Å²) in [5.74, 6) is 1.32. The van der Waals surface area contributed by atoms with Gasteiger partial charge in [0.05, 0.1) is 13.2 Å². The molecule has 1 N–H and O–H groups in total. The van der Waals surface area contributed by atoms with Crippen molar-refractivity contribution in [2.45, 2.75) is 27.2 Å². The number of hydrogen-bond donors (Lipinski definition) is 1. The molecule has 0 aromatic rings. The van der Waals surface area contributed by atoms with Gasteiger partial charge < -0.3 is 10.1 Å². The molecule has 0 fully saturated rings. The summed E-state index contributed by atoms with van der Waals surface area (Å²) in [4.78, 5) is 0. The number of ether oxygens (including phenoxy) is 1. The van der Waals surface area contributed by atoms with E-state index >= 15 is 0 Å². The summed E-state index contributed by atoms with van der Waals surface area (Å²) in [6.45, 7) is 14.1. The van der Waals surface area contributed by atoms with Crippen LogP contribution in [0.2, 0.25) is 0 Å². The summed E-state index contributed by atoms with van der Waals surface area (Å²) >= 11 is 0. The van der Waals surface area contributed by atoms with Crippen molar-refractivity contribution in [3.05, 3.63) is 12.7 Å². The van der Waals surface area contributed by atoms with E-state index in [9.17, 15) is 0 Å². The number of rotatable bonds is 9. The van der Waals surface area contributed by atoms with Crippen LogP contribution in [-0.2, 0) is 4.74 Å². The van der Waals surface area contributed by atoms with E-state index in [2.05, 4.69) is 32.7 Å². The summed E-state index contributed by atoms with van der Waals surface area (Å²) in [7, 11) is 0. The highest BCUT2D eigenvalue weighted by Crippen LogP contribution is 1.96. The molecule has 2 heteroatoms.